The summed E-state index contributed by atoms with van der Waals surface area (Å²) in [7, 11) is 0. The molecule has 132 valence electrons. The number of rotatable bonds is 8. The van der Waals surface area contributed by atoms with Crippen LogP contribution in [0.3, 0.4) is 0 Å². The molecule has 1 heterocycles. The summed E-state index contributed by atoms with van der Waals surface area (Å²) in [6, 6.07) is 7.44. The number of amides is 2. The summed E-state index contributed by atoms with van der Waals surface area (Å²) in [4.78, 5) is 26.6. The van der Waals surface area contributed by atoms with Crippen molar-refractivity contribution in [3.05, 3.63) is 29.8 Å². The van der Waals surface area contributed by atoms with E-state index >= 15 is 0 Å². The predicted octanol–water partition coefficient (Wildman–Crippen LogP) is 1.42. The van der Waals surface area contributed by atoms with Crippen molar-refractivity contribution >= 4 is 11.8 Å². The quantitative estimate of drug-likeness (QED) is 0.755. The first-order chi connectivity index (χ1) is 11.7. The molecule has 0 radical (unpaired) electrons. The van der Waals surface area contributed by atoms with Crippen LogP contribution in [0.4, 0.5) is 0 Å². The van der Waals surface area contributed by atoms with E-state index in [-0.39, 0.29) is 18.4 Å². The fourth-order valence-corrected chi connectivity index (χ4v) is 3.03. The molecule has 1 aliphatic heterocycles. The van der Waals surface area contributed by atoms with Crippen LogP contribution in [0, 0.1) is 0 Å². The molecule has 1 aromatic carbocycles. The summed E-state index contributed by atoms with van der Waals surface area (Å²) >= 11 is 0. The van der Waals surface area contributed by atoms with Gasteiger partial charge >= 0.3 is 0 Å². The van der Waals surface area contributed by atoms with Crippen molar-refractivity contribution in [3.63, 3.8) is 0 Å². The first-order valence-corrected chi connectivity index (χ1v) is 8.66. The molecule has 1 fully saturated rings. The minimum Gasteiger partial charge on any atom is -0.493 e. The summed E-state index contributed by atoms with van der Waals surface area (Å²) in [5, 5.41) is 5.56. The van der Waals surface area contributed by atoms with Crippen LogP contribution >= 0.6 is 0 Å². The van der Waals surface area contributed by atoms with Crippen LogP contribution < -0.4 is 15.4 Å². The molecule has 0 spiro atoms. The first kappa shape index (κ1) is 18.3. The van der Waals surface area contributed by atoms with Crippen molar-refractivity contribution in [1.29, 1.82) is 0 Å². The van der Waals surface area contributed by atoms with E-state index in [0.29, 0.717) is 30.5 Å². The molecule has 2 N–H and O–H groups in total. The van der Waals surface area contributed by atoms with Gasteiger partial charge in [-0.15, -0.1) is 0 Å². The van der Waals surface area contributed by atoms with Crippen LogP contribution in [0.1, 0.15) is 37.0 Å². The Morgan fingerprint density at radius 3 is 2.79 bits per heavy atom. The third-order valence-corrected chi connectivity index (χ3v) is 4.28. The number of nitrogens with zero attached hydrogens (tertiary/aromatic N) is 1. The Morgan fingerprint density at radius 1 is 1.25 bits per heavy atom. The molecule has 2 rings (SSSR count). The molecule has 0 aromatic heterocycles. The lowest BCUT2D eigenvalue weighted by Gasteiger charge is -2.22. The summed E-state index contributed by atoms with van der Waals surface area (Å²) in [6.45, 7) is 7.20. The molecule has 0 bridgehead atoms. The number of benzene rings is 1. The van der Waals surface area contributed by atoms with E-state index in [9.17, 15) is 9.59 Å². The minimum absolute atomic E-state index is 0.0296. The summed E-state index contributed by atoms with van der Waals surface area (Å²) < 4.78 is 5.44. The molecule has 0 saturated carbocycles. The number of para-hydroxylation sites is 1. The van der Waals surface area contributed by atoms with Gasteiger partial charge in [-0.05, 0) is 45.0 Å². The average molecular weight is 333 g/mol. The second-order valence-corrected chi connectivity index (χ2v) is 5.84. The number of carbonyl (C=O) groups excluding carboxylic acids is 2. The summed E-state index contributed by atoms with van der Waals surface area (Å²) in [5.41, 5.74) is 0.445. The Hall–Kier alpha value is -2.08. The van der Waals surface area contributed by atoms with Crippen LogP contribution in [0.2, 0.25) is 0 Å². The summed E-state index contributed by atoms with van der Waals surface area (Å²) in [6.07, 6.45) is 2.29. The molecule has 0 aliphatic carbocycles. The van der Waals surface area contributed by atoms with Gasteiger partial charge in [0.15, 0.2) is 0 Å². The normalized spacial score (nSPS) is 17.5. The van der Waals surface area contributed by atoms with E-state index in [0.717, 1.165) is 19.5 Å². The molecular weight excluding hydrogens is 306 g/mol. The second-order valence-electron chi connectivity index (χ2n) is 5.84. The highest BCUT2D eigenvalue weighted by atomic mass is 16.5. The topological polar surface area (TPSA) is 70.7 Å². The number of nitrogens with one attached hydrogen (secondary N) is 2. The number of ether oxygens (including phenoxy) is 1. The molecule has 1 aromatic rings. The Morgan fingerprint density at radius 2 is 2.04 bits per heavy atom. The summed E-state index contributed by atoms with van der Waals surface area (Å²) in [5.74, 6) is 0.0629. The Balaban J connectivity index is 1.78. The van der Waals surface area contributed by atoms with Gasteiger partial charge in [0.2, 0.25) is 5.91 Å². The average Bonchev–Trinajstić information content (AvgIpc) is 3.06. The lowest BCUT2D eigenvalue weighted by atomic mass is 10.2. The Bertz CT molecular complexity index is 562. The van der Waals surface area contributed by atoms with Gasteiger partial charge in [-0.2, -0.15) is 0 Å². The molecular formula is C18H27N3O3. The van der Waals surface area contributed by atoms with E-state index < -0.39 is 0 Å². The number of carbonyl (C=O) groups is 2. The van der Waals surface area contributed by atoms with Crippen LogP contribution in [0.25, 0.3) is 0 Å². The van der Waals surface area contributed by atoms with Crippen LogP contribution in [0.15, 0.2) is 24.3 Å². The second kappa shape index (κ2) is 9.27. The minimum atomic E-state index is -0.301. The molecule has 24 heavy (non-hydrogen) atoms. The molecule has 6 heteroatoms. The van der Waals surface area contributed by atoms with E-state index in [2.05, 4.69) is 22.5 Å². The highest BCUT2D eigenvalue weighted by molar-refractivity contribution is 5.98. The van der Waals surface area contributed by atoms with Crippen LogP contribution in [-0.4, -0.2) is 55.5 Å². The molecule has 1 saturated heterocycles. The zero-order chi connectivity index (χ0) is 17.4. The standard InChI is InChI=1S/C18H27N3O3/c1-3-21-11-7-8-14(21)12-19-17(22)13-20-18(23)15-9-5-6-10-16(15)24-4-2/h5-6,9-10,14H,3-4,7-8,11-13H2,1-2H3,(H,19,22)(H,20,23). The van der Waals surface area contributed by atoms with Crippen LogP contribution in [-0.2, 0) is 4.79 Å². The number of hydrogen-bond acceptors (Lipinski definition) is 4. The van der Waals surface area contributed by atoms with Gasteiger partial charge < -0.3 is 15.4 Å². The first-order valence-electron chi connectivity index (χ1n) is 8.66. The zero-order valence-electron chi connectivity index (χ0n) is 14.5. The molecule has 2 amide bonds. The maximum atomic E-state index is 12.2. The highest BCUT2D eigenvalue weighted by Crippen LogP contribution is 2.17. The van der Waals surface area contributed by atoms with Gasteiger partial charge in [0.25, 0.3) is 5.91 Å². The zero-order valence-corrected chi connectivity index (χ0v) is 14.5. The van der Waals surface area contributed by atoms with E-state index in [1.165, 1.54) is 6.42 Å². The molecule has 1 atom stereocenters. The smallest absolute Gasteiger partial charge is 0.255 e. The fraction of sp³-hybridized carbons (Fsp3) is 0.556. The lowest BCUT2D eigenvalue weighted by Crippen LogP contribution is -2.43. The van der Waals surface area contributed by atoms with Crippen molar-refractivity contribution in [2.24, 2.45) is 0 Å². The third kappa shape index (κ3) is 4.96. The maximum absolute atomic E-state index is 12.2. The van der Waals surface area contributed by atoms with Crippen molar-refractivity contribution < 1.29 is 14.3 Å². The SMILES string of the molecule is CCOc1ccccc1C(=O)NCC(=O)NCC1CCCN1CC. The number of hydrogen-bond donors (Lipinski definition) is 2. The lowest BCUT2D eigenvalue weighted by molar-refractivity contribution is -0.120. The number of likely N-dealkylation sites (tertiary alicyclic amines) is 1. The number of likely N-dealkylation sites (N-methyl/N-ethyl adjacent to an activating group) is 1. The van der Waals surface area contributed by atoms with E-state index in [1.807, 2.05) is 13.0 Å². The van der Waals surface area contributed by atoms with E-state index in [1.54, 1.807) is 18.2 Å². The van der Waals surface area contributed by atoms with Crippen molar-refractivity contribution in [3.8, 4) is 5.75 Å². The van der Waals surface area contributed by atoms with Crippen molar-refractivity contribution in [2.75, 3.05) is 32.8 Å². The van der Waals surface area contributed by atoms with Gasteiger partial charge in [-0.25, -0.2) is 0 Å². The largest absolute Gasteiger partial charge is 0.493 e. The van der Waals surface area contributed by atoms with Gasteiger partial charge in [0.05, 0.1) is 18.7 Å². The van der Waals surface area contributed by atoms with Gasteiger partial charge in [0, 0.05) is 12.6 Å². The fourth-order valence-electron chi connectivity index (χ4n) is 3.03. The van der Waals surface area contributed by atoms with Crippen LogP contribution in [0.5, 0.6) is 5.75 Å². The van der Waals surface area contributed by atoms with Gasteiger partial charge in [0.1, 0.15) is 5.75 Å². The Kier molecular flexibility index (Phi) is 7.06. The predicted molar refractivity (Wildman–Crippen MR) is 93.2 cm³/mol. The molecule has 1 unspecified atom stereocenters. The van der Waals surface area contributed by atoms with Crippen molar-refractivity contribution in [2.45, 2.75) is 32.7 Å². The molecule has 1 aliphatic rings. The van der Waals surface area contributed by atoms with Gasteiger partial charge in [-0.1, -0.05) is 19.1 Å². The third-order valence-electron chi connectivity index (χ3n) is 4.28. The van der Waals surface area contributed by atoms with Crippen molar-refractivity contribution in [1.82, 2.24) is 15.5 Å². The maximum Gasteiger partial charge on any atom is 0.255 e. The molecule has 6 nitrogen and oxygen atoms in total. The van der Waals surface area contributed by atoms with E-state index in [4.69, 9.17) is 4.74 Å². The highest BCUT2D eigenvalue weighted by Gasteiger charge is 2.23. The Labute approximate surface area is 143 Å². The van der Waals surface area contributed by atoms with Gasteiger partial charge in [-0.3, -0.25) is 14.5 Å². The monoisotopic (exact) mass is 333 g/mol.